The summed E-state index contributed by atoms with van der Waals surface area (Å²) < 4.78 is 0. The lowest BCUT2D eigenvalue weighted by Gasteiger charge is -2.26. The first-order chi connectivity index (χ1) is 7.31. The predicted molar refractivity (Wildman–Crippen MR) is 68.5 cm³/mol. The first-order valence-corrected chi connectivity index (χ1v) is 7.32. The Labute approximate surface area is 99.2 Å². The molecule has 2 N–H and O–H groups in total. The number of aromatic nitrogens is 2. The van der Waals surface area contributed by atoms with Gasteiger partial charge in [-0.05, 0) is 7.05 Å². The lowest BCUT2D eigenvalue weighted by molar-refractivity contribution is 0.783. The third-order valence-electron chi connectivity index (χ3n) is 2.47. The Kier molecular flexibility index (Phi) is 3.99. The number of aromatic amines is 1. The summed E-state index contributed by atoms with van der Waals surface area (Å²) >= 11 is 4.07. The van der Waals surface area contributed by atoms with Gasteiger partial charge in [0.2, 0.25) is 0 Å². The van der Waals surface area contributed by atoms with Crippen LogP contribution in [0, 0.1) is 0 Å². The van der Waals surface area contributed by atoms with E-state index in [4.69, 9.17) is 0 Å². The van der Waals surface area contributed by atoms with Gasteiger partial charge in [-0.25, -0.2) is 4.98 Å². The Morgan fingerprint density at radius 2 is 2.33 bits per heavy atom. The normalized spacial score (nSPS) is 26.8. The molecule has 0 radical (unpaired) electrons. The van der Waals surface area contributed by atoms with Crippen LogP contribution < -0.4 is 5.32 Å². The van der Waals surface area contributed by atoms with Crippen molar-refractivity contribution in [3.63, 3.8) is 0 Å². The minimum absolute atomic E-state index is 0.536. The van der Waals surface area contributed by atoms with Gasteiger partial charge in [0.1, 0.15) is 5.82 Å². The lowest BCUT2D eigenvalue weighted by Crippen LogP contribution is -2.17. The number of rotatable bonds is 3. The van der Waals surface area contributed by atoms with Crippen LogP contribution in [0.3, 0.4) is 0 Å². The van der Waals surface area contributed by atoms with Crippen molar-refractivity contribution >= 4 is 23.5 Å². The Morgan fingerprint density at radius 3 is 3.07 bits per heavy atom. The Bertz CT molecular complexity index is 313. The number of nitrogens with one attached hydrogen (secondary N) is 2. The molecule has 5 heteroatoms. The largest absolute Gasteiger partial charge is 0.344 e. The second-order valence-corrected chi connectivity index (χ2v) is 6.43. The van der Waals surface area contributed by atoms with E-state index in [2.05, 4.69) is 22.2 Å². The molecule has 15 heavy (non-hydrogen) atoms. The number of nitrogens with zero attached hydrogens (tertiary/aromatic N) is 1. The maximum Gasteiger partial charge on any atom is 0.120 e. The molecule has 0 aromatic carbocycles. The smallest absolute Gasteiger partial charge is 0.120 e. The average Bonchev–Trinajstić information content (AvgIpc) is 2.68. The fraction of sp³-hybridized carbons (Fsp3) is 0.700. The fourth-order valence-corrected chi connectivity index (χ4v) is 4.45. The van der Waals surface area contributed by atoms with Gasteiger partial charge in [-0.15, -0.1) is 11.8 Å². The van der Waals surface area contributed by atoms with Crippen LogP contribution in [0.15, 0.2) is 6.20 Å². The second-order valence-electron chi connectivity index (χ2n) is 3.69. The molecule has 0 bridgehead atoms. The molecule has 0 saturated carbocycles. The zero-order valence-electron chi connectivity index (χ0n) is 9.12. The van der Waals surface area contributed by atoms with Crippen LogP contribution in [-0.4, -0.2) is 33.8 Å². The van der Waals surface area contributed by atoms with Gasteiger partial charge in [0.15, 0.2) is 0 Å². The molecule has 2 atom stereocenters. The van der Waals surface area contributed by atoms with Crippen molar-refractivity contribution in [1.29, 1.82) is 0 Å². The number of thioether (sulfide) groups is 2. The molecule has 1 aliphatic rings. The van der Waals surface area contributed by atoms with Gasteiger partial charge in [-0.1, -0.05) is 6.92 Å². The monoisotopic (exact) mass is 243 g/mol. The zero-order chi connectivity index (χ0) is 10.7. The molecule has 2 rings (SSSR count). The van der Waals surface area contributed by atoms with Gasteiger partial charge in [-0.2, -0.15) is 11.8 Å². The van der Waals surface area contributed by atoms with E-state index in [1.807, 2.05) is 36.8 Å². The maximum atomic E-state index is 4.48. The minimum Gasteiger partial charge on any atom is -0.344 e. The van der Waals surface area contributed by atoms with E-state index >= 15 is 0 Å². The molecule has 1 aliphatic heterocycles. The van der Waals surface area contributed by atoms with Gasteiger partial charge >= 0.3 is 0 Å². The molecule has 84 valence electrons. The zero-order valence-corrected chi connectivity index (χ0v) is 10.8. The molecule has 1 fully saturated rings. The van der Waals surface area contributed by atoms with Gasteiger partial charge in [-0.3, -0.25) is 0 Å². The molecule has 0 aliphatic carbocycles. The first kappa shape index (κ1) is 11.4. The number of H-pyrrole nitrogens is 1. The van der Waals surface area contributed by atoms with Crippen molar-refractivity contribution in [3.8, 4) is 0 Å². The van der Waals surface area contributed by atoms with Crippen molar-refractivity contribution in [2.75, 3.05) is 18.6 Å². The first-order valence-electron chi connectivity index (χ1n) is 5.23. The highest BCUT2D eigenvalue weighted by molar-refractivity contribution is 8.06. The lowest BCUT2D eigenvalue weighted by atomic mass is 10.3. The molecule has 1 aromatic heterocycles. The van der Waals surface area contributed by atoms with Crippen molar-refractivity contribution < 1.29 is 0 Å². The number of hydrogen-bond donors (Lipinski definition) is 2. The van der Waals surface area contributed by atoms with E-state index in [1.165, 1.54) is 17.2 Å². The van der Waals surface area contributed by atoms with Gasteiger partial charge in [0.25, 0.3) is 0 Å². The maximum absolute atomic E-state index is 4.48. The van der Waals surface area contributed by atoms with E-state index in [1.54, 1.807) is 0 Å². The Morgan fingerprint density at radius 1 is 1.53 bits per heavy atom. The third kappa shape index (κ3) is 2.71. The summed E-state index contributed by atoms with van der Waals surface area (Å²) in [4.78, 5) is 7.89. The van der Waals surface area contributed by atoms with Crippen LogP contribution in [0.2, 0.25) is 0 Å². The summed E-state index contributed by atoms with van der Waals surface area (Å²) in [5.41, 5.74) is 1.18. The van der Waals surface area contributed by atoms with Crippen molar-refractivity contribution in [1.82, 2.24) is 15.3 Å². The second kappa shape index (κ2) is 5.27. The summed E-state index contributed by atoms with van der Waals surface area (Å²) in [5.74, 6) is 3.65. The molecule has 2 heterocycles. The van der Waals surface area contributed by atoms with Crippen LogP contribution in [0.4, 0.5) is 0 Å². The molecular weight excluding hydrogens is 226 g/mol. The van der Waals surface area contributed by atoms with Gasteiger partial charge in [0.05, 0.1) is 5.25 Å². The van der Waals surface area contributed by atoms with E-state index < -0.39 is 0 Å². The average molecular weight is 243 g/mol. The van der Waals surface area contributed by atoms with Crippen molar-refractivity contribution in [3.05, 3.63) is 17.7 Å². The number of hydrogen-bond acceptors (Lipinski definition) is 4. The third-order valence-corrected chi connectivity index (χ3v) is 5.57. The minimum atomic E-state index is 0.536. The van der Waals surface area contributed by atoms with E-state index in [-0.39, 0.29) is 0 Å². The Hall–Kier alpha value is -0.130. The van der Waals surface area contributed by atoms with Crippen LogP contribution >= 0.6 is 23.5 Å². The molecule has 0 amide bonds. The summed E-state index contributed by atoms with van der Waals surface area (Å²) in [6.07, 6.45) is 1.94. The van der Waals surface area contributed by atoms with Crippen LogP contribution in [-0.2, 0) is 6.54 Å². The van der Waals surface area contributed by atoms with Gasteiger partial charge < -0.3 is 10.3 Å². The highest BCUT2D eigenvalue weighted by atomic mass is 32.2. The molecule has 2 unspecified atom stereocenters. The topological polar surface area (TPSA) is 40.7 Å². The summed E-state index contributed by atoms with van der Waals surface area (Å²) in [7, 11) is 1.95. The van der Waals surface area contributed by atoms with Crippen molar-refractivity contribution in [2.45, 2.75) is 24.0 Å². The van der Waals surface area contributed by atoms with Crippen molar-refractivity contribution in [2.24, 2.45) is 0 Å². The summed E-state index contributed by atoms with van der Waals surface area (Å²) in [6, 6.07) is 0. The van der Waals surface area contributed by atoms with E-state index in [9.17, 15) is 0 Å². The molecular formula is C10H17N3S2. The van der Waals surface area contributed by atoms with Crippen LogP contribution in [0.25, 0.3) is 0 Å². The predicted octanol–water partition coefficient (Wildman–Crippen LogP) is 2.04. The molecule has 3 nitrogen and oxygen atoms in total. The van der Waals surface area contributed by atoms with E-state index in [0.717, 1.165) is 12.4 Å². The van der Waals surface area contributed by atoms with Crippen LogP contribution in [0.1, 0.15) is 23.7 Å². The van der Waals surface area contributed by atoms with Crippen LogP contribution in [0.5, 0.6) is 0 Å². The summed E-state index contributed by atoms with van der Waals surface area (Å²) in [5, 5.41) is 4.33. The fourth-order valence-electron chi connectivity index (χ4n) is 1.73. The molecule has 1 aromatic rings. The SMILES string of the molecule is CNCc1cnc(C2SCCSC2C)[nH]1. The highest BCUT2D eigenvalue weighted by Crippen LogP contribution is 2.40. The number of imidazole rings is 1. The molecule has 1 saturated heterocycles. The standard InChI is InChI=1S/C10H17N3S2/c1-7-9(15-4-3-14-7)10-12-6-8(13-10)5-11-2/h6-7,9,11H,3-5H2,1-2H3,(H,12,13). The molecule has 0 spiro atoms. The van der Waals surface area contributed by atoms with E-state index in [0.29, 0.717) is 10.5 Å². The summed E-state index contributed by atoms with van der Waals surface area (Å²) in [6.45, 7) is 3.16. The van der Waals surface area contributed by atoms with Gasteiger partial charge in [0, 0.05) is 35.2 Å². The quantitative estimate of drug-likeness (QED) is 0.852. The Balaban J connectivity index is 2.06. The highest BCUT2D eigenvalue weighted by Gasteiger charge is 2.26.